The van der Waals surface area contributed by atoms with E-state index in [9.17, 15) is 0 Å². The quantitative estimate of drug-likeness (QED) is 0.902. The van der Waals surface area contributed by atoms with E-state index in [-0.39, 0.29) is 6.04 Å². The van der Waals surface area contributed by atoms with Crippen molar-refractivity contribution in [2.24, 2.45) is 5.73 Å². The Morgan fingerprint density at radius 1 is 1.53 bits per heavy atom. The zero-order chi connectivity index (χ0) is 14.0. The van der Waals surface area contributed by atoms with Crippen LogP contribution < -0.4 is 5.73 Å². The Bertz CT molecular complexity index is 407. The number of ether oxygens (including phenoxy) is 1. The van der Waals surface area contributed by atoms with Crippen LogP contribution in [-0.2, 0) is 4.74 Å². The van der Waals surface area contributed by atoms with E-state index in [1.165, 1.54) is 9.75 Å². The molecule has 4 unspecified atom stereocenters. The van der Waals surface area contributed by atoms with Crippen molar-refractivity contribution in [2.45, 2.75) is 57.8 Å². The molecule has 0 amide bonds. The Morgan fingerprint density at radius 3 is 2.74 bits per heavy atom. The Kier molecular flexibility index (Phi) is 5.01. The summed E-state index contributed by atoms with van der Waals surface area (Å²) in [6.07, 6.45) is 2.40. The molecule has 0 aliphatic carbocycles. The lowest BCUT2D eigenvalue weighted by Crippen LogP contribution is -2.46. The first-order chi connectivity index (χ1) is 9.04. The van der Waals surface area contributed by atoms with E-state index in [0.29, 0.717) is 18.2 Å². The Morgan fingerprint density at radius 2 is 2.26 bits per heavy atom. The average molecular weight is 282 g/mol. The first kappa shape index (κ1) is 15.0. The fourth-order valence-corrected chi connectivity index (χ4v) is 4.12. The molecule has 1 fully saturated rings. The van der Waals surface area contributed by atoms with Crippen molar-refractivity contribution in [3.63, 3.8) is 0 Å². The summed E-state index contributed by atoms with van der Waals surface area (Å²) in [7, 11) is 2.20. The number of likely N-dealkylation sites (N-methyl/N-ethyl adjacent to an activating group) is 1. The highest BCUT2D eigenvalue weighted by atomic mass is 32.1. The van der Waals surface area contributed by atoms with E-state index in [4.69, 9.17) is 10.5 Å². The van der Waals surface area contributed by atoms with Gasteiger partial charge in [-0.2, -0.15) is 0 Å². The van der Waals surface area contributed by atoms with Crippen molar-refractivity contribution in [1.82, 2.24) is 4.90 Å². The smallest absolute Gasteiger partial charge is 0.0703 e. The number of hydrogen-bond acceptors (Lipinski definition) is 4. The van der Waals surface area contributed by atoms with Crippen molar-refractivity contribution >= 4 is 11.3 Å². The maximum absolute atomic E-state index is 6.40. The molecule has 0 spiro atoms. The van der Waals surface area contributed by atoms with Crippen LogP contribution in [0, 0.1) is 6.92 Å². The van der Waals surface area contributed by atoms with Gasteiger partial charge in [-0.05, 0) is 45.9 Å². The molecule has 4 heteroatoms. The fraction of sp³-hybridized carbons (Fsp3) is 0.733. The molecule has 1 aliphatic rings. The predicted octanol–water partition coefficient (Wildman–Crippen LogP) is 2.94. The number of thiophene rings is 1. The van der Waals surface area contributed by atoms with Gasteiger partial charge < -0.3 is 10.5 Å². The first-order valence-corrected chi connectivity index (χ1v) is 8.01. The van der Waals surface area contributed by atoms with Crippen molar-refractivity contribution in [3.8, 4) is 0 Å². The van der Waals surface area contributed by atoms with Crippen LogP contribution in [0.4, 0.5) is 0 Å². The topological polar surface area (TPSA) is 38.5 Å². The predicted molar refractivity (Wildman–Crippen MR) is 81.6 cm³/mol. The Labute approximate surface area is 120 Å². The summed E-state index contributed by atoms with van der Waals surface area (Å²) in [4.78, 5) is 5.18. The third-order valence-electron chi connectivity index (χ3n) is 4.23. The van der Waals surface area contributed by atoms with Gasteiger partial charge in [0.05, 0.1) is 12.1 Å². The average Bonchev–Trinajstić information content (AvgIpc) is 2.98. The minimum Gasteiger partial charge on any atom is -0.377 e. The Balaban J connectivity index is 2.22. The molecule has 1 saturated heterocycles. The summed E-state index contributed by atoms with van der Waals surface area (Å²) < 4.78 is 5.71. The lowest BCUT2D eigenvalue weighted by atomic mass is 9.99. The zero-order valence-electron chi connectivity index (χ0n) is 12.4. The molecule has 2 heterocycles. The molecule has 0 aromatic carbocycles. The Hall–Kier alpha value is -0.420. The van der Waals surface area contributed by atoms with Crippen LogP contribution in [0.15, 0.2) is 12.1 Å². The zero-order valence-corrected chi connectivity index (χ0v) is 13.2. The summed E-state index contributed by atoms with van der Waals surface area (Å²) in [5.41, 5.74) is 6.40. The lowest BCUT2D eigenvalue weighted by molar-refractivity contribution is 0.0617. The summed E-state index contributed by atoms with van der Waals surface area (Å²) in [6.45, 7) is 7.36. The number of nitrogens with two attached hydrogens (primary N) is 1. The van der Waals surface area contributed by atoms with Gasteiger partial charge >= 0.3 is 0 Å². The molecule has 2 N–H and O–H groups in total. The van der Waals surface area contributed by atoms with Gasteiger partial charge in [-0.3, -0.25) is 4.90 Å². The van der Waals surface area contributed by atoms with Gasteiger partial charge in [0.2, 0.25) is 0 Å². The molecular formula is C15H26N2OS. The monoisotopic (exact) mass is 282 g/mol. The van der Waals surface area contributed by atoms with Crippen LogP contribution in [0.1, 0.15) is 42.5 Å². The molecule has 1 aromatic heterocycles. The number of aryl methyl sites for hydroxylation is 1. The van der Waals surface area contributed by atoms with Gasteiger partial charge in [0.1, 0.15) is 0 Å². The maximum atomic E-state index is 6.40. The molecule has 108 valence electrons. The minimum atomic E-state index is 0.177. The van der Waals surface area contributed by atoms with Crippen molar-refractivity contribution < 1.29 is 4.74 Å². The molecule has 0 radical (unpaired) electrons. The van der Waals surface area contributed by atoms with Gasteiger partial charge in [-0.15, -0.1) is 11.3 Å². The fourth-order valence-electron chi connectivity index (χ4n) is 3.01. The van der Waals surface area contributed by atoms with Crippen molar-refractivity contribution in [3.05, 3.63) is 21.9 Å². The lowest BCUT2D eigenvalue weighted by Gasteiger charge is -2.37. The normalized spacial score (nSPS) is 26.8. The van der Waals surface area contributed by atoms with E-state index in [0.717, 1.165) is 19.4 Å². The second-order valence-corrected chi connectivity index (χ2v) is 6.88. The van der Waals surface area contributed by atoms with Gasteiger partial charge in [-0.25, -0.2) is 0 Å². The van der Waals surface area contributed by atoms with Crippen LogP contribution in [0.2, 0.25) is 0 Å². The van der Waals surface area contributed by atoms with Gasteiger partial charge in [0, 0.05) is 28.4 Å². The van der Waals surface area contributed by atoms with E-state index >= 15 is 0 Å². The van der Waals surface area contributed by atoms with Crippen LogP contribution >= 0.6 is 11.3 Å². The number of nitrogens with zero attached hydrogens (tertiary/aromatic N) is 1. The van der Waals surface area contributed by atoms with Crippen LogP contribution in [0.25, 0.3) is 0 Å². The van der Waals surface area contributed by atoms with Crippen LogP contribution in [0.5, 0.6) is 0 Å². The molecule has 19 heavy (non-hydrogen) atoms. The van der Waals surface area contributed by atoms with Gasteiger partial charge in [0.15, 0.2) is 0 Å². The number of rotatable bonds is 5. The van der Waals surface area contributed by atoms with Crippen molar-refractivity contribution in [1.29, 1.82) is 0 Å². The summed E-state index contributed by atoms with van der Waals surface area (Å²) in [5, 5.41) is 0. The summed E-state index contributed by atoms with van der Waals surface area (Å²) >= 11 is 1.87. The standard InChI is InChI=1S/C15H26N2OS/c1-5-12(16)15(14-7-6-10(2)19-14)17(4)13-8-9-18-11(13)3/h6-7,11-13,15H,5,8-9,16H2,1-4H3. The van der Waals surface area contributed by atoms with Crippen LogP contribution in [0.3, 0.4) is 0 Å². The molecule has 1 aliphatic heterocycles. The SMILES string of the molecule is CCC(N)C(c1ccc(C)s1)N(C)C1CCOC1C. The first-order valence-electron chi connectivity index (χ1n) is 7.20. The molecule has 3 nitrogen and oxygen atoms in total. The van der Waals surface area contributed by atoms with E-state index in [1.807, 2.05) is 11.3 Å². The third kappa shape index (κ3) is 3.19. The van der Waals surface area contributed by atoms with Gasteiger partial charge in [-0.1, -0.05) is 6.92 Å². The van der Waals surface area contributed by atoms with E-state index < -0.39 is 0 Å². The highest BCUT2D eigenvalue weighted by Crippen LogP contribution is 2.34. The molecular weight excluding hydrogens is 256 g/mol. The maximum Gasteiger partial charge on any atom is 0.0703 e. The second-order valence-electron chi connectivity index (χ2n) is 5.56. The van der Waals surface area contributed by atoms with E-state index in [1.54, 1.807) is 0 Å². The largest absolute Gasteiger partial charge is 0.377 e. The van der Waals surface area contributed by atoms with E-state index in [2.05, 4.69) is 44.9 Å². The number of hydrogen-bond donors (Lipinski definition) is 1. The van der Waals surface area contributed by atoms with Gasteiger partial charge in [0.25, 0.3) is 0 Å². The molecule has 4 atom stereocenters. The highest BCUT2D eigenvalue weighted by molar-refractivity contribution is 7.12. The van der Waals surface area contributed by atoms with Crippen molar-refractivity contribution in [2.75, 3.05) is 13.7 Å². The minimum absolute atomic E-state index is 0.177. The van der Waals surface area contributed by atoms with Crippen LogP contribution in [-0.4, -0.2) is 36.7 Å². The highest BCUT2D eigenvalue weighted by Gasteiger charge is 2.35. The second kappa shape index (κ2) is 6.35. The molecule has 1 aromatic rings. The molecule has 0 bridgehead atoms. The molecule has 0 saturated carbocycles. The summed E-state index contributed by atoms with van der Waals surface area (Å²) in [6, 6.07) is 5.38. The summed E-state index contributed by atoms with van der Waals surface area (Å²) in [5.74, 6) is 0. The third-order valence-corrected chi connectivity index (χ3v) is 5.30. The molecule has 2 rings (SSSR count).